The molecule has 3 aromatic rings. The van der Waals surface area contributed by atoms with Gasteiger partial charge in [0.2, 0.25) is 5.91 Å². The maximum absolute atomic E-state index is 14.3. The lowest BCUT2D eigenvalue weighted by atomic mass is 10.1. The van der Waals surface area contributed by atoms with Crippen LogP contribution in [0.15, 0.2) is 46.9 Å². The van der Waals surface area contributed by atoms with E-state index in [-0.39, 0.29) is 18.0 Å². The number of aromatic nitrogens is 3. The maximum Gasteiger partial charge on any atom is 0.224 e. The van der Waals surface area contributed by atoms with Crippen LogP contribution in [0.25, 0.3) is 11.4 Å². The fourth-order valence-corrected chi connectivity index (χ4v) is 4.10. The second kappa shape index (κ2) is 8.86. The number of anilines is 1. The highest BCUT2D eigenvalue weighted by Gasteiger charge is 2.17. The van der Waals surface area contributed by atoms with Gasteiger partial charge < -0.3 is 9.88 Å². The van der Waals surface area contributed by atoms with Crippen LogP contribution in [0.5, 0.6) is 0 Å². The summed E-state index contributed by atoms with van der Waals surface area (Å²) >= 11 is 3.49. The minimum Gasteiger partial charge on any atom is -0.324 e. The minimum absolute atomic E-state index is 0.172. The van der Waals surface area contributed by atoms with E-state index in [1.165, 1.54) is 12.5 Å². The molecule has 2 aromatic carbocycles. The fourth-order valence-electron chi connectivity index (χ4n) is 3.62. The Morgan fingerprint density at radius 3 is 2.86 bits per heavy atom. The zero-order chi connectivity index (χ0) is 20.2. The van der Waals surface area contributed by atoms with Gasteiger partial charge in [0.25, 0.3) is 0 Å². The van der Waals surface area contributed by atoms with Gasteiger partial charge >= 0.3 is 0 Å². The zero-order valence-electron chi connectivity index (χ0n) is 16.0. The van der Waals surface area contributed by atoms with Crippen molar-refractivity contribution >= 4 is 27.5 Å². The van der Waals surface area contributed by atoms with Crippen molar-refractivity contribution < 1.29 is 9.18 Å². The molecule has 150 valence electrons. The maximum atomic E-state index is 14.3. The molecule has 29 heavy (non-hydrogen) atoms. The van der Waals surface area contributed by atoms with E-state index in [2.05, 4.69) is 36.0 Å². The van der Waals surface area contributed by atoms with Gasteiger partial charge in [-0.05, 0) is 49.1 Å². The Kier molecular flexibility index (Phi) is 6.04. The van der Waals surface area contributed by atoms with Crippen LogP contribution in [-0.4, -0.2) is 20.7 Å². The number of nitrogens with zero attached hydrogens (tertiary/aromatic N) is 3. The number of hydrogen-bond acceptors (Lipinski definition) is 3. The number of carbonyl (C=O) groups is 1. The van der Waals surface area contributed by atoms with Gasteiger partial charge in [0.15, 0.2) is 5.82 Å². The monoisotopic (exact) mass is 456 g/mol. The van der Waals surface area contributed by atoms with Gasteiger partial charge in [0.05, 0.1) is 5.69 Å². The molecule has 0 saturated heterocycles. The van der Waals surface area contributed by atoms with Gasteiger partial charge in [-0.2, -0.15) is 0 Å². The summed E-state index contributed by atoms with van der Waals surface area (Å²) in [5, 5.41) is 11.3. The Morgan fingerprint density at radius 2 is 2.00 bits per heavy atom. The van der Waals surface area contributed by atoms with E-state index in [9.17, 15) is 9.18 Å². The predicted octanol–water partition coefficient (Wildman–Crippen LogP) is 5.14. The highest BCUT2D eigenvalue weighted by molar-refractivity contribution is 9.10. The van der Waals surface area contributed by atoms with Crippen LogP contribution in [0, 0.1) is 5.82 Å². The second-order valence-electron chi connectivity index (χ2n) is 7.24. The Morgan fingerprint density at radius 1 is 1.14 bits per heavy atom. The van der Waals surface area contributed by atoms with Gasteiger partial charge in [-0.25, -0.2) is 4.39 Å². The van der Waals surface area contributed by atoms with Gasteiger partial charge in [-0.1, -0.05) is 40.5 Å². The molecule has 0 spiro atoms. The Hall–Kier alpha value is -2.54. The zero-order valence-corrected chi connectivity index (χ0v) is 17.6. The molecule has 0 atom stereocenters. The van der Waals surface area contributed by atoms with Crippen LogP contribution in [-0.2, 0) is 24.2 Å². The van der Waals surface area contributed by atoms with Crippen molar-refractivity contribution in [2.45, 2.75) is 45.1 Å². The van der Waals surface area contributed by atoms with Crippen LogP contribution >= 0.6 is 15.9 Å². The molecule has 1 aromatic heterocycles. The number of benzene rings is 2. The van der Waals surface area contributed by atoms with Crippen molar-refractivity contribution in [2.24, 2.45) is 0 Å². The van der Waals surface area contributed by atoms with Crippen molar-refractivity contribution in [3.05, 3.63) is 64.1 Å². The Balaban J connectivity index is 1.50. The number of carbonyl (C=O) groups excluding carboxylic acids is 1. The number of amides is 1. The lowest BCUT2D eigenvalue weighted by molar-refractivity contribution is -0.116. The summed E-state index contributed by atoms with van der Waals surface area (Å²) in [6, 6.07) is 12.5. The molecule has 5 nitrogen and oxygen atoms in total. The summed E-state index contributed by atoms with van der Waals surface area (Å²) in [7, 11) is 0. The van der Waals surface area contributed by atoms with Crippen LogP contribution in [0.3, 0.4) is 0 Å². The molecule has 1 N–H and O–H groups in total. The third-order valence-corrected chi connectivity index (χ3v) is 5.96. The molecule has 0 fully saturated rings. The van der Waals surface area contributed by atoms with Crippen molar-refractivity contribution in [3.63, 3.8) is 0 Å². The average Bonchev–Trinajstić information content (AvgIpc) is 2.97. The second-order valence-corrected chi connectivity index (χ2v) is 8.09. The first-order valence-corrected chi connectivity index (χ1v) is 10.7. The highest BCUT2D eigenvalue weighted by atomic mass is 79.9. The van der Waals surface area contributed by atoms with E-state index in [0.29, 0.717) is 6.42 Å². The third kappa shape index (κ3) is 4.56. The summed E-state index contributed by atoms with van der Waals surface area (Å²) in [6.07, 6.45) is 5.12. The number of rotatable bonds is 5. The molecule has 0 unspecified atom stereocenters. The van der Waals surface area contributed by atoms with Gasteiger partial charge in [-0.15, -0.1) is 10.2 Å². The molecule has 0 saturated carbocycles. The number of halogens is 2. The molecule has 7 heteroatoms. The predicted molar refractivity (Wildman–Crippen MR) is 114 cm³/mol. The van der Waals surface area contributed by atoms with Crippen molar-refractivity contribution in [1.29, 1.82) is 0 Å². The van der Waals surface area contributed by atoms with E-state index in [1.807, 2.05) is 24.3 Å². The Labute approximate surface area is 177 Å². The molecule has 0 bridgehead atoms. The van der Waals surface area contributed by atoms with Crippen molar-refractivity contribution in [3.8, 4) is 11.4 Å². The van der Waals surface area contributed by atoms with Crippen molar-refractivity contribution in [2.75, 3.05) is 5.32 Å². The molecular formula is C22H22BrFN4O. The highest BCUT2D eigenvalue weighted by Crippen LogP contribution is 2.27. The van der Waals surface area contributed by atoms with Crippen LogP contribution in [0.2, 0.25) is 0 Å². The summed E-state index contributed by atoms with van der Waals surface area (Å²) in [4.78, 5) is 12.4. The standard InChI is InChI=1S/C22H22BrFN4O/c23-17-7-4-3-6-15(17)10-12-21(29)25-19-14-16(9-11-18(19)24)22-27-26-20-8-2-1-5-13-28(20)22/h3-4,6-7,9,11,14H,1-2,5,8,10,12-13H2,(H,25,29). The van der Waals surface area contributed by atoms with E-state index >= 15 is 0 Å². The summed E-state index contributed by atoms with van der Waals surface area (Å²) in [5.74, 6) is 1.02. The van der Waals surface area contributed by atoms with E-state index in [4.69, 9.17) is 0 Å². The molecule has 1 aliphatic rings. The smallest absolute Gasteiger partial charge is 0.224 e. The number of aryl methyl sites for hydroxylation is 2. The topological polar surface area (TPSA) is 59.8 Å². The van der Waals surface area contributed by atoms with Gasteiger partial charge in [0, 0.05) is 29.4 Å². The number of fused-ring (bicyclic) bond motifs is 1. The summed E-state index contributed by atoms with van der Waals surface area (Å²) < 4.78 is 17.4. The first kappa shape index (κ1) is 19.8. The van der Waals surface area contributed by atoms with Gasteiger partial charge in [-0.3, -0.25) is 4.79 Å². The van der Waals surface area contributed by atoms with E-state index in [1.54, 1.807) is 12.1 Å². The minimum atomic E-state index is -0.460. The molecule has 1 aliphatic heterocycles. The first-order chi connectivity index (χ1) is 14.1. The quantitative estimate of drug-likeness (QED) is 0.577. The summed E-state index contributed by atoms with van der Waals surface area (Å²) in [5.41, 5.74) is 1.97. The van der Waals surface area contributed by atoms with Crippen LogP contribution in [0.4, 0.5) is 10.1 Å². The SMILES string of the molecule is O=C(CCc1ccccc1Br)Nc1cc(-c2nnc3n2CCCCC3)ccc1F. The normalized spacial score (nSPS) is 13.6. The molecule has 2 heterocycles. The van der Waals surface area contributed by atoms with Crippen LogP contribution in [0.1, 0.15) is 37.1 Å². The van der Waals surface area contributed by atoms with Gasteiger partial charge in [0.1, 0.15) is 11.6 Å². The molecule has 1 amide bonds. The molecule has 0 aliphatic carbocycles. The third-order valence-electron chi connectivity index (χ3n) is 5.19. The van der Waals surface area contributed by atoms with Crippen LogP contribution < -0.4 is 5.32 Å². The largest absolute Gasteiger partial charge is 0.324 e. The fraction of sp³-hybridized carbons (Fsp3) is 0.318. The average molecular weight is 457 g/mol. The van der Waals surface area contributed by atoms with E-state index < -0.39 is 5.82 Å². The first-order valence-electron chi connectivity index (χ1n) is 9.87. The Bertz CT molecular complexity index is 1030. The number of hydrogen-bond donors (Lipinski definition) is 1. The lowest BCUT2D eigenvalue weighted by Gasteiger charge is -2.11. The summed E-state index contributed by atoms with van der Waals surface area (Å²) in [6.45, 7) is 0.864. The lowest BCUT2D eigenvalue weighted by Crippen LogP contribution is -2.14. The van der Waals surface area contributed by atoms with Crippen molar-refractivity contribution in [1.82, 2.24) is 14.8 Å². The molecular weight excluding hydrogens is 435 g/mol. The molecule has 0 radical (unpaired) electrons. The molecule has 4 rings (SSSR count). The number of nitrogens with one attached hydrogen (secondary N) is 1. The van der Waals surface area contributed by atoms with E-state index in [0.717, 1.165) is 53.1 Å².